The monoisotopic (exact) mass is 255 g/mol. The van der Waals surface area contributed by atoms with Crippen LogP contribution >= 0.6 is 12.4 Å². The van der Waals surface area contributed by atoms with Gasteiger partial charge < -0.3 is 10.0 Å². The molecule has 0 radical (unpaired) electrons. The number of aromatic hydroxyl groups is 1. The largest absolute Gasteiger partial charge is 0.508 e. The molecule has 0 aromatic heterocycles. The number of rotatable bonds is 3. The van der Waals surface area contributed by atoms with Gasteiger partial charge in [-0.3, -0.25) is 0 Å². The van der Waals surface area contributed by atoms with Gasteiger partial charge in [-0.1, -0.05) is 0 Å². The molecule has 0 atom stereocenters. The first-order valence-corrected chi connectivity index (χ1v) is 6.36. The second kappa shape index (κ2) is 6.15. The summed E-state index contributed by atoms with van der Waals surface area (Å²) in [5.74, 6) is 0.419. The highest BCUT2D eigenvalue weighted by Gasteiger charge is 2.17. The number of halogens is 1. The van der Waals surface area contributed by atoms with Gasteiger partial charge in [-0.2, -0.15) is 0 Å². The highest BCUT2D eigenvalue weighted by molar-refractivity contribution is 5.85. The van der Waals surface area contributed by atoms with Gasteiger partial charge in [-0.05, 0) is 56.7 Å². The van der Waals surface area contributed by atoms with Crippen LogP contribution in [0.3, 0.4) is 0 Å². The Kier molecular flexibility index (Phi) is 5.13. The number of phenolic OH excluding ortho intramolecular Hbond substituents is 1. The average Bonchev–Trinajstić information content (AvgIpc) is 2.30. The molecule has 0 spiro atoms. The summed E-state index contributed by atoms with van der Waals surface area (Å²) in [6, 6.07) is 3.87. The van der Waals surface area contributed by atoms with Crippen molar-refractivity contribution in [3.63, 3.8) is 0 Å². The summed E-state index contributed by atoms with van der Waals surface area (Å²) in [6.07, 6.45) is 4.83. The van der Waals surface area contributed by atoms with Gasteiger partial charge in [-0.15, -0.1) is 12.4 Å². The minimum Gasteiger partial charge on any atom is -0.508 e. The molecule has 0 bridgehead atoms. The Labute approximate surface area is 110 Å². The van der Waals surface area contributed by atoms with E-state index in [0.29, 0.717) is 5.75 Å². The van der Waals surface area contributed by atoms with Gasteiger partial charge in [0, 0.05) is 24.8 Å². The molecule has 0 saturated carbocycles. The predicted octanol–water partition coefficient (Wildman–Crippen LogP) is 3.54. The Morgan fingerprint density at radius 1 is 1.12 bits per heavy atom. The third-order valence-corrected chi connectivity index (χ3v) is 3.53. The molecule has 0 unspecified atom stereocenters. The molecule has 1 N–H and O–H groups in total. The molecule has 0 aliphatic heterocycles. The number of aryl methyl sites for hydroxylation is 1. The summed E-state index contributed by atoms with van der Waals surface area (Å²) in [6.45, 7) is 6.35. The fourth-order valence-corrected chi connectivity index (χ4v) is 2.67. The van der Waals surface area contributed by atoms with Gasteiger partial charge in [0.25, 0.3) is 0 Å². The van der Waals surface area contributed by atoms with Gasteiger partial charge in [0.05, 0.1) is 0 Å². The number of phenols is 1. The highest BCUT2D eigenvalue weighted by atomic mass is 35.5. The van der Waals surface area contributed by atoms with Crippen molar-refractivity contribution in [2.75, 3.05) is 18.0 Å². The summed E-state index contributed by atoms with van der Waals surface area (Å²) < 4.78 is 0. The standard InChI is InChI=1S/C14H21NO.ClH/c1-3-15(4-2)14-10-12(16)9-11-7-5-6-8-13(11)14;/h9-10,16H,3-8H2,1-2H3;1H. The van der Waals surface area contributed by atoms with Crippen LogP contribution in [0.4, 0.5) is 5.69 Å². The van der Waals surface area contributed by atoms with Crippen LogP contribution in [0.25, 0.3) is 0 Å². The van der Waals surface area contributed by atoms with E-state index >= 15 is 0 Å². The maximum Gasteiger partial charge on any atom is 0.117 e. The fraction of sp³-hybridized carbons (Fsp3) is 0.571. The number of hydrogen-bond acceptors (Lipinski definition) is 2. The minimum absolute atomic E-state index is 0. The molecule has 17 heavy (non-hydrogen) atoms. The normalized spacial score (nSPS) is 13.8. The molecule has 0 fully saturated rings. The van der Waals surface area contributed by atoms with E-state index in [2.05, 4.69) is 18.7 Å². The van der Waals surface area contributed by atoms with Crippen LogP contribution in [0, 0.1) is 0 Å². The topological polar surface area (TPSA) is 23.5 Å². The van der Waals surface area contributed by atoms with E-state index in [1.54, 1.807) is 0 Å². The lowest BCUT2D eigenvalue weighted by Crippen LogP contribution is -2.24. The van der Waals surface area contributed by atoms with Gasteiger partial charge >= 0.3 is 0 Å². The third kappa shape index (κ3) is 2.86. The number of hydrogen-bond donors (Lipinski definition) is 1. The van der Waals surface area contributed by atoms with Gasteiger partial charge in [0.15, 0.2) is 0 Å². The lowest BCUT2D eigenvalue weighted by Gasteiger charge is -2.28. The van der Waals surface area contributed by atoms with Crippen molar-refractivity contribution >= 4 is 18.1 Å². The second-order valence-electron chi connectivity index (χ2n) is 4.48. The van der Waals surface area contributed by atoms with Crippen molar-refractivity contribution in [2.45, 2.75) is 39.5 Å². The van der Waals surface area contributed by atoms with Crippen LogP contribution < -0.4 is 4.90 Å². The summed E-state index contributed by atoms with van der Waals surface area (Å²) in [5, 5.41) is 9.78. The smallest absolute Gasteiger partial charge is 0.117 e. The highest BCUT2D eigenvalue weighted by Crippen LogP contribution is 2.34. The first kappa shape index (κ1) is 14.2. The molecule has 0 heterocycles. The Hall–Kier alpha value is -0.890. The van der Waals surface area contributed by atoms with E-state index in [9.17, 15) is 5.11 Å². The van der Waals surface area contributed by atoms with Crippen molar-refractivity contribution in [2.24, 2.45) is 0 Å². The Morgan fingerprint density at radius 3 is 2.41 bits per heavy atom. The van der Waals surface area contributed by atoms with E-state index in [-0.39, 0.29) is 12.4 Å². The quantitative estimate of drug-likeness (QED) is 0.893. The van der Waals surface area contributed by atoms with Crippen LogP contribution in [0.1, 0.15) is 37.8 Å². The van der Waals surface area contributed by atoms with Crippen LogP contribution in [-0.4, -0.2) is 18.2 Å². The molecule has 96 valence electrons. The van der Waals surface area contributed by atoms with E-state index in [0.717, 1.165) is 19.5 Å². The van der Waals surface area contributed by atoms with E-state index < -0.39 is 0 Å². The first-order valence-electron chi connectivity index (χ1n) is 6.36. The fourth-order valence-electron chi connectivity index (χ4n) is 2.67. The zero-order valence-electron chi connectivity index (χ0n) is 10.7. The summed E-state index contributed by atoms with van der Waals surface area (Å²) in [4.78, 5) is 2.34. The summed E-state index contributed by atoms with van der Waals surface area (Å²) in [5.41, 5.74) is 4.07. The number of benzene rings is 1. The predicted molar refractivity (Wildman–Crippen MR) is 75.6 cm³/mol. The summed E-state index contributed by atoms with van der Waals surface area (Å²) in [7, 11) is 0. The Bertz CT molecular complexity index is 375. The van der Waals surface area contributed by atoms with Crippen molar-refractivity contribution in [3.05, 3.63) is 23.3 Å². The molecular weight excluding hydrogens is 234 g/mol. The molecule has 1 aromatic carbocycles. The molecule has 2 nitrogen and oxygen atoms in total. The Balaban J connectivity index is 0.00000144. The zero-order valence-corrected chi connectivity index (χ0v) is 11.5. The number of anilines is 1. The van der Waals surface area contributed by atoms with E-state index in [1.165, 1.54) is 36.1 Å². The molecule has 1 aliphatic rings. The minimum atomic E-state index is 0. The second-order valence-corrected chi connectivity index (χ2v) is 4.48. The van der Waals surface area contributed by atoms with Crippen molar-refractivity contribution < 1.29 is 5.11 Å². The van der Waals surface area contributed by atoms with Crippen LogP contribution in [0.15, 0.2) is 12.1 Å². The lowest BCUT2D eigenvalue weighted by molar-refractivity contribution is 0.473. The summed E-state index contributed by atoms with van der Waals surface area (Å²) >= 11 is 0. The molecule has 0 amide bonds. The molecule has 1 aliphatic carbocycles. The number of nitrogens with zero attached hydrogens (tertiary/aromatic N) is 1. The number of fused-ring (bicyclic) bond motifs is 1. The molecule has 3 heteroatoms. The van der Waals surface area contributed by atoms with Crippen LogP contribution in [-0.2, 0) is 12.8 Å². The van der Waals surface area contributed by atoms with Gasteiger partial charge in [0.1, 0.15) is 5.75 Å². The van der Waals surface area contributed by atoms with E-state index in [4.69, 9.17) is 0 Å². The molecule has 0 saturated heterocycles. The third-order valence-electron chi connectivity index (χ3n) is 3.53. The van der Waals surface area contributed by atoms with Gasteiger partial charge in [0.2, 0.25) is 0 Å². The molecule has 2 rings (SSSR count). The van der Waals surface area contributed by atoms with Crippen LogP contribution in [0.5, 0.6) is 5.75 Å². The van der Waals surface area contributed by atoms with Crippen molar-refractivity contribution in [3.8, 4) is 5.75 Å². The molecular formula is C14H22ClNO. The van der Waals surface area contributed by atoms with E-state index in [1.807, 2.05) is 12.1 Å². The Morgan fingerprint density at radius 2 is 1.76 bits per heavy atom. The lowest BCUT2D eigenvalue weighted by atomic mass is 9.89. The maximum absolute atomic E-state index is 9.78. The van der Waals surface area contributed by atoms with Crippen molar-refractivity contribution in [1.82, 2.24) is 0 Å². The SMILES string of the molecule is CCN(CC)c1cc(O)cc2c1CCCC2.Cl. The van der Waals surface area contributed by atoms with Gasteiger partial charge in [-0.25, -0.2) is 0 Å². The molecule has 1 aromatic rings. The van der Waals surface area contributed by atoms with Crippen LogP contribution in [0.2, 0.25) is 0 Å². The van der Waals surface area contributed by atoms with Crippen molar-refractivity contribution in [1.29, 1.82) is 0 Å². The maximum atomic E-state index is 9.78. The zero-order chi connectivity index (χ0) is 11.5. The first-order chi connectivity index (χ1) is 7.76. The average molecular weight is 256 g/mol.